The van der Waals surface area contributed by atoms with Crippen molar-refractivity contribution in [3.05, 3.63) is 71.7 Å². The van der Waals surface area contributed by atoms with Crippen molar-refractivity contribution in [1.82, 2.24) is 10.4 Å². The van der Waals surface area contributed by atoms with Crippen LogP contribution in [0, 0.1) is 5.82 Å². The van der Waals surface area contributed by atoms with Crippen molar-refractivity contribution in [2.45, 2.75) is 12.7 Å². The van der Waals surface area contributed by atoms with E-state index in [1.165, 1.54) is 30.5 Å². The largest absolute Gasteiger partial charge is 0.458 e. The van der Waals surface area contributed by atoms with E-state index in [1.807, 2.05) is 5.43 Å². The lowest BCUT2D eigenvalue weighted by molar-refractivity contribution is -0.141. The topological polar surface area (TPSA) is 93.2 Å². The number of hydrazine groups is 1. The third-order valence-corrected chi connectivity index (χ3v) is 3.90. The number of rotatable bonds is 5. The quantitative estimate of drug-likeness (QED) is 0.266. The van der Waals surface area contributed by atoms with E-state index < -0.39 is 23.6 Å². The summed E-state index contributed by atoms with van der Waals surface area (Å²) in [6, 6.07) is 7.86. The molecule has 146 valence electrons. The molecule has 0 fully saturated rings. The molecule has 3 rings (SSSR count). The molecule has 0 aliphatic carbocycles. The molecule has 0 aliphatic rings. The van der Waals surface area contributed by atoms with E-state index in [-0.39, 0.29) is 17.9 Å². The molecule has 10 heteroatoms. The lowest BCUT2D eigenvalue weighted by Crippen LogP contribution is -2.30. The van der Waals surface area contributed by atoms with Gasteiger partial charge in [-0.1, -0.05) is 12.1 Å². The van der Waals surface area contributed by atoms with Gasteiger partial charge in [-0.3, -0.25) is 10.2 Å². The maximum Gasteiger partial charge on any atom is 0.433 e. The molecule has 6 nitrogen and oxygen atoms in total. The van der Waals surface area contributed by atoms with Crippen LogP contribution in [-0.2, 0) is 12.7 Å². The molecule has 0 atom stereocenters. The van der Waals surface area contributed by atoms with E-state index in [0.29, 0.717) is 16.8 Å². The highest BCUT2D eigenvalue weighted by Crippen LogP contribution is 2.29. The minimum Gasteiger partial charge on any atom is -0.458 e. The number of benzene rings is 1. The number of nitrogens with two attached hydrogens (primary N) is 1. The Labute approximate surface area is 156 Å². The predicted molar refractivity (Wildman–Crippen MR) is 92.3 cm³/mol. The van der Waals surface area contributed by atoms with Crippen LogP contribution in [0.15, 0.2) is 53.3 Å². The standard InChI is InChI=1S/C18H14F4N4O2/c19-14-7-10(13-5-6-28-16(13)17(27)26-23)1-2-11(14)8-24-12-3-4-15(25-9-12)18(20,21)22/h1-7,9,24H,8,23H2,(H,26,27). The van der Waals surface area contributed by atoms with Crippen molar-refractivity contribution in [3.8, 4) is 11.1 Å². The molecule has 0 radical (unpaired) electrons. The Morgan fingerprint density at radius 2 is 1.96 bits per heavy atom. The number of nitrogen functional groups attached to an aromatic ring is 1. The Morgan fingerprint density at radius 1 is 1.18 bits per heavy atom. The minimum absolute atomic E-state index is 0.0285. The summed E-state index contributed by atoms with van der Waals surface area (Å²) in [5.74, 6) is 3.81. The zero-order chi connectivity index (χ0) is 20.3. The minimum atomic E-state index is -4.52. The van der Waals surface area contributed by atoms with Gasteiger partial charge >= 0.3 is 12.1 Å². The zero-order valence-electron chi connectivity index (χ0n) is 14.2. The number of hydrogen-bond donors (Lipinski definition) is 3. The number of alkyl halides is 3. The van der Waals surface area contributed by atoms with Gasteiger partial charge in [0.05, 0.1) is 18.1 Å². The van der Waals surface area contributed by atoms with Gasteiger partial charge in [-0.15, -0.1) is 0 Å². The number of hydrogen-bond acceptors (Lipinski definition) is 5. The second kappa shape index (κ2) is 7.69. The number of nitrogens with one attached hydrogen (secondary N) is 2. The number of amides is 1. The predicted octanol–water partition coefficient (Wildman–Crippen LogP) is 3.72. The third-order valence-electron chi connectivity index (χ3n) is 3.90. The number of nitrogens with zero attached hydrogens (tertiary/aromatic N) is 1. The van der Waals surface area contributed by atoms with Crippen molar-refractivity contribution in [1.29, 1.82) is 0 Å². The van der Waals surface area contributed by atoms with Crippen LogP contribution in [0.5, 0.6) is 0 Å². The van der Waals surface area contributed by atoms with Crippen LogP contribution in [0.25, 0.3) is 11.1 Å². The normalized spacial score (nSPS) is 11.3. The summed E-state index contributed by atoms with van der Waals surface area (Å²) in [7, 11) is 0. The summed E-state index contributed by atoms with van der Waals surface area (Å²) in [6.45, 7) is 0.0285. The molecule has 4 N–H and O–H groups in total. The molecule has 1 amide bonds. The molecule has 1 aromatic carbocycles. The molecule has 3 aromatic rings. The van der Waals surface area contributed by atoms with Gasteiger partial charge in [0.1, 0.15) is 11.5 Å². The molecule has 2 heterocycles. The highest BCUT2D eigenvalue weighted by molar-refractivity contribution is 5.97. The fourth-order valence-corrected chi connectivity index (χ4v) is 2.50. The van der Waals surface area contributed by atoms with Crippen molar-refractivity contribution in [2.75, 3.05) is 5.32 Å². The number of furan rings is 1. The summed E-state index contributed by atoms with van der Waals surface area (Å²) in [5.41, 5.74) is 2.30. The molecule has 0 aliphatic heterocycles. The Hall–Kier alpha value is -3.40. The average Bonchev–Trinajstić information content (AvgIpc) is 3.16. The first-order valence-electron chi connectivity index (χ1n) is 7.94. The second-order valence-electron chi connectivity index (χ2n) is 5.73. The number of anilines is 1. The van der Waals surface area contributed by atoms with E-state index in [9.17, 15) is 22.4 Å². The molecule has 0 saturated carbocycles. The Bertz CT molecular complexity index is 984. The van der Waals surface area contributed by atoms with Gasteiger partial charge < -0.3 is 9.73 Å². The van der Waals surface area contributed by atoms with E-state index in [4.69, 9.17) is 10.3 Å². The van der Waals surface area contributed by atoms with Crippen LogP contribution >= 0.6 is 0 Å². The number of carbonyl (C=O) groups excluding carboxylic acids is 1. The summed E-state index contributed by atoms with van der Waals surface area (Å²) in [4.78, 5) is 15.0. The zero-order valence-corrected chi connectivity index (χ0v) is 14.2. The van der Waals surface area contributed by atoms with Crippen molar-refractivity contribution in [2.24, 2.45) is 5.84 Å². The Balaban J connectivity index is 1.73. The summed E-state index contributed by atoms with van der Waals surface area (Å²) < 4.78 is 57.0. The van der Waals surface area contributed by atoms with Crippen molar-refractivity contribution >= 4 is 11.6 Å². The van der Waals surface area contributed by atoms with Gasteiger partial charge in [-0.05, 0) is 29.8 Å². The van der Waals surface area contributed by atoms with Crippen LogP contribution in [0.2, 0.25) is 0 Å². The van der Waals surface area contributed by atoms with E-state index in [0.717, 1.165) is 12.3 Å². The monoisotopic (exact) mass is 394 g/mol. The molecule has 2 aromatic heterocycles. The van der Waals surface area contributed by atoms with Crippen LogP contribution in [0.1, 0.15) is 21.8 Å². The van der Waals surface area contributed by atoms with Crippen LogP contribution in [-0.4, -0.2) is 10.9 Å². The fraction of sp³-hybridized carbons (Fsp3) is 0.111. The summed E-state index contributed by atoms with van der Waals surface area (Å²) >= 11 is 0. The Morgan fingerprint density at radius 3 is 2.57 bits per heavy atom. The SMILES string of the molecule is NNC(=O)c1occc1-c1ccc(CNc2ccc(C(F)(F)F)nc2)c(F)c1. The molecule has 28 heavy (non-hydrogen) atoms. The summed E-state index contributed by atoms with van der Waals surface area (Å²) in [5, 5.41) is 2.80. The third kappa shape index (κ3) is 4.12. The van der Waals surface area contributed by atoms with Crippen LogP contribution in [0.4, 0.5) is 23.2 Å². The number of pyridine rings is 1. The maximum atomic E-state index is 14.4. The molecular weight excluding hydrogens is 380 g/mol. The smallest absolute Gasteiger partial charge is 0.433 e. The molecule has 0 unspecified atom stereocenters. The first-order valence-corrected chi connectivity index (χ1v) is 7.94. The maximum absolute atomic E-state index is 14.4. The van der Waals surface area contributed by atoms with Gasteiger partial charge in [-0.2, -0.15) is 13.2 Å². The van der Waals surface area contributed by atoms with Crippen molar-refractivity contribution < 1.29 is 26.8 Å². The van der Waals surface area contributed by atoms with E-state index in [2.05, 4.69) is 10.3 Å². The van der Waals surface area contributed by atoms with Crippen LogP contribution < -0.4 is 16.6 Å². The first-order chi connectivity index (χ1) is 13.3. The highest BCUT2D eigenvalue weighted by atomic mass is 19.4. The van der Waals surface area contributed by atoms with Gasteiger partial charge in [0.2, 0.25) is 0 Å². The highest BCUT2D eigenvalue weighted by Gasteiger charge is 2.32. The molecule has 0 spiro atoms. The van der Waals surface area contributed by atoms with Gasteiger partial charge in [0.15, 0.2) is 5.76 Å². The Kier molecular flexibility index (Phi) is 5.32. The van der Waals surface area contributed by atoms with Crippen LogP contribution in [0.3, 0.4) is 0 Å². The molecule has 0 saturated heterocycles. The molecular formula is C18H14F4N4O2. The second-order valence-corrected chi connectivity index (χ2v) is 5.73. The molecule has 0 bridgehead atoms. The average molecular weight is 394 g/mol. The van der Waals surface area contributed by atoms with Gasteiger partial charge in [0, 0.05) is 17.7 Å². The van der Waals surface area contributed by atoms with Crippen molar-refractivity contribution in [3.63, 3.8) is 0 Å². The lowest BCUT2D eigenvalue weighted by Gasteiger charge is -2.10. The number of aromatic nitrogens is 1. The van der Waals surface area contributed by atoms with E-state index >= 15 is 0 Å². The van der Waals surface area contributed by atoms with Gasteiger partial charge in [-0.25, -0.2) is 15.2 Å². The number of carbonyl (C=O) groups is 1. The summed E-state index contributed by atoms with van der Waals surface area (Å²) in [6.07, 6.45) is -2.21. The lowest BCUT2D eigenvalue weighted by atomic mass is 10.0. The van der Waals surface area contributed by atoms with E-state index in [1.54, 1.807) is 6.07 Å². The fourth-order valence-electron chi connectivity index (χ4n) is 2.50. The van der Waals surface area contributed by atoms with Gasteiger partial charge in [0.25, 0.3) is 0 Å². The number of halogens is 4. The first kappa shape index (κ1) is 19.4.